The number of nitrogens with one attached hydrogen (secondary N) is 1. The van der Waals surface area contributed by atoms with E-state index in [-0.39, 0.29) is 12.3 Å². The molecule has 13 heavy (non-hydrogen) atoms. The number of hydrogen-bond acceptors (Lipinski definition) is 3. The van der Waals surface area contributed by atoms with E-state index in [9.17, 15) is 9.90 Å². The number of aliphatic hydroxyl groups is 1. The first-order valence-corrected chi connectivity index (χ1v) is 3.88. The lowest BCUT2D eigenvalue weighted by Crippen LogP contribution is -2.19. The Kier molecular flexibility index (Phi) is 3.28. The first-order chi connectivity index (χ1) is 6.24. The molecule has 3 N–H and O–H groups in total. The molecule has 0 radical (unpaired) electrons. The number of aromatic hydroxyl groups is 1. The molecule has 1 amide bonds. The summed E-state index contributed by atoms with van der Waals surface area (Å²) in [6, 6.07) is 6.18. The lowest BCUT2D eigenvalue weighted by atomic mass is 10.1. The molecule has 0 aliphatic carbocycles. The van der Waals surface area contributed by atoms with Crippen molar-refractivity contribution in [2.75, 3.05) is 6.54 Å². The molecule has 1 rings (SSSR count). The highest BCUT2D eigenvalue weighted by Gasteiger charge is 2.05. The zero-order valence-corrected chi connectivity index (χ0v) is 6.97. The Morgan fingerprint density at radius 3 is 2.54 bits per heavy atom. The quantitative estimate of drug-likeness (QED) is 0.580. The molecule has 0 fully saturated rings. The summed E-state index contributed by atoms with van der Waals surface area (Å²) in [6.07, 6.45) is -0.199. The van der Waals surface area contributed by atoms with Gasteiger partial charge < -0.3 is 15.5 Å². The maximum atomic E-state index is 9.93. The maximum Gasteiger partial charge on any atom is 0.207 e. The topological polar surface area (TPSA) is 69.6 Å². The molecule has 0 saturated carbocycles. The molecule has 1 aromatic rings. The number of rotatable bonds is 4. The zero-order valence-electron chi connectivity index (χ0n) is 6.97. The molecular formula is C9H11NO3. The fourth-order valence-corrected chi connectivity index (χ4v) is 0.974. The van der Waals surface area contributed by atoms with E-state index in [0.717, 1.165) is 0 Å². The van der Waals surface area contributed by atoms with Gasteiger partial charge in [-0.2, -0.15) is 0 Å². The van der Waals surface area contributed by atoms with Gasteiger partial charge in [-0.25, -0.2) is 0 Å². The number of phenols is 1. The summed E-state index contributed by atoms with van der Waals surface area (Å²) >= 11 is 0. The number of amides is 1. The average Bonchev–Trinajstić information content (AvgIpc) is 2.15. The van der Waals surface area contributed by atoms with Gasteiger partial charge in [0.05, 0.1) is 6.10 Å². The van der Waals surface area contributed by atoms with Gasteiger partial charge in [0.25, 0.3) is 0 Å². The van der Waals surface area contributed by atoms with Crippen molar-refractivity contribution in [3.8, 4) is 5.75 Å². The third-order valence-electron chi connectivity index (χ3n) is 1.67. The summed E-state index contributed by atoms with van der Waals surface area (Å²) in [5.41, 5.74) is 0.659. The Bertz CT molecular complexity index is 271. The number of aliphatic hydroxyl groups excluding tert-OH is 1. The predicted molar refractivity (Wildman–Crippen MR) is 47.1 cm³/mol. The van der Waals surface area contributed by atoms with Crippen molar-refractivity contribution in [1.82, 2.24) is 5.32 Å². The van der Waals surface area contributed by atoms with Crippen molar-refractivity contribution < 1.29 is 15.0 Å². The second-order valence-corrected chi connectivity index (χ2v) is 2.63. The van der Waals surface area contributed by atoms with Gasteiger partial charge in [0.2, 0.25) is 6.41 Å². The summed E-state index contributed by atoms with van der Waals surface area (Å²) in [6.45, 7) is 0.175. The van der Waals surface area contributed by atoms with Crippen LogP contribution in [0.3, 0.4) is 0 Å². The van der Waals surface area contributed by atoms with Crippen LogP contribution in [0.1, 0.15) is 11.7 Å². The van der Waals surface area contributed by atoms with Crippen LogP contribution in [0.25, 0.3) is 0 Å². The molecule has 0 spiro atoms. The lowest BCUT2D eigenvalue weighted by Gasteiger charge is -2.09. The third kappa shape index (κ3) is 2.76. The van der Waals surface area contributed by atoms with Gasteiger partial charge in [-0.1, -0.05) is 12.1 Å². The summed E-state index contributed by atoms with van der Waals surface area (Å²) in [5.74, 6) is 0.152. The minimum Gasteiger partial charge on any atom is -0.508 e. The largest absolute Gasteiger partial charge is 0.508 e. The molecule has 4 heteroatoms. The first-order valence-electron chi connectivity index (χ1n) is 3.88. The third-order valence-corrected chi connectivity index (χ3v) is 1.67. The number of phenolic OH excluding ortho intramolecular Hbond substituents is 1. The Hall–Kier alpha value is -1.55. The highest BCUT2D eigenvalue weighted by Crippen LogP contribution is 2.15. The predicted octanol–water partition coefficient (Wildman–Crippen LogP) is 0.172. The minimum absolute atomic E-state index is 0.152. The van der Waals surface area contributed by atoms with Gasteiger partial charge in [-0.3, -0.25) is 4.79 Å². The normalized spacial score (nSPS) is 12.1. The van der Waals surface area contributed by atoms with Crippen LogP contribution in [0.5, 0.6) is 5.75 Å². The standard InChI is InChI=1S/C9H11NO3/c11-6-10-5-9(13)7-1-3-8(12)4-2-7/h1-4,6,9,12-13H,5H2,(H,10,11). The molecule has 0 bridgehead atoms. The van der Waals surface area contributed by atoms with E-state index in [0.29, 0.717) is 12.0 Å². The highest BCUT2D eigenvalue weighted by atomic mass is 16.3. The molecule has 0 aliphatic rings. The van der Waals surface area contributed by atoms with E-state index < -0.39 is 6.10 Å². The Morgan fingerprint density at radius 1 is 1.38 bits per heavy atom. The smallest absolute Gasteiger partial charge is 0.207 e. The molecule has 0 heterocycles. The van der Waals surface area contributed by atoms with E-state index in [1.54, 1.807) is 12.1 Å². The van der Waals surface area contributed by atoms with E-state index in [2.05, 4.69) is 5.32 Å². The summed E-state index contributed by atoms with van der Waals surface area (Å²) in [7, 11) is 0. The molecule has 0 saturated heterocycles. The molecular weight excluding hydrogens is 170 g/mol. The molecule has 1 aromatic carbocycles. The molecule has 4 nitrogen and oxygen atoms in total. The number of benzene rings is 1. The molecule has 70 valence electrons. The van der Waals surface area contributed by atoms with Gasteiger partial charge in [0, 0.05) is 6.54 Å². The average molecular weight is 181 g/mol. The van der Waals surface area contributed by atoms with Crippen molar-refractivity contribution in [1.29, 1.82) is 0 Å². The van der Waals surface area contributed by atoms with E-state index in [4.69, 9.17) is 5.11 Å². The fraction of sp³-hybridized carbons (Fsp3) is 0.222. The monoisotopic (exact) mass is 181 g/mol. The van der Waals surface area contributed by atoms with E-state index >= 15 is 0 Å². The molecule has 1 atom stereocenters. The van der Waals surface area contributed by atoms with Crippen molar-refractivity contribution in [2.24, 2.45) is 0 Å². The van der Waals surface area contributed by atoms with Crippen LogP contribution >= 0.6 is 0 Å². The Labute approximate surface area is 75.8 Å². The van der Waals surface area contributed by atoms with Crippen LogP contribution in [0.15, 0.2) is 24.3 Å². The van der Waals surface area contributed by atoms with Crippen LogP contribution in [0, 0.1) is 0 Å². The van der Waals surface area contributed by atoms with Gasteiger partial charge in [-0.15, -0.1) is 0 Å². The van der Waals surface area contributed by atoms with Gasteiger partial charge in [0.15, 0.2) is 0 Å². The van der Waals surface area contributed by atoms with Crippen LogP contribution in [0.4, 0.5) is 0 Å². The first kappa shape index (κ1) is 9.54. The summed E-state index contributed by atoms with van der Waals surface area (Å²) in [4.78, 5) is 9.93. The SMILES string of the molecule is O=CNCC(O)c1ccc(O)cc1. The lowest BCUT2D eigenvalue weighted by molar-refractivity contribution is -0.109. The van der Waals surface area contributed by atoms with E-state index in [1.807, 2.05) is 0 Å². The van der Waals surface area contributed by atoms with Crippen molar-refractivity contribution in [3.63, 3.8) is 0 Å². The van der Waals surface area contributed by atoms with Crippen LogP contribution in [0.2, 0.25) is 0 Å². The number of carbonyl (C=O) groups excluding carboxylic acids is 1. The minimum atomic E-state index is -0.731. The van der Waals surface area contributed by atoms with Gasteiger partial charge in [0.1, 0.15) is 5.75 Å². The van der Waals surface area contributed by atoms with Crippen LogP contribution in [-0.2, 0) is 4.79 Å². The number of hydrogen-bond donors (Lipinski definition) is 3. The fourth-order valence-electron chi connectivity index (χ4n) is 0.974. The highest BCUT2D eigenvalue weighted by molar-refractivity contribution is 5.46. The zero-order chi connectivity index (χ0) is 9.68. The summed E-state index contributed by atoms with van der Waals surface area (Å²) < 4.78 is 0. The van der Waals surface area contributed by atoms with Crippen LogP contribution in [-0.4, -0.2) is 23.2 Å². The Morgan fingerprint density at radius 2 is 2.00 bits per heavy atom. The summed E-state index contributed by atoms with van der Waals surface area (Å²) in [5, 5.41) is 20.8. The van der Waals surface area contributed by atoms with Gasteiger partial charge in [-0.05, 0) is 17.7 Å². The Balaban J connectivity index is 2.60. The number of carbonyl (C=O) groups is 1. The van der Waals surface area contributed by atoms with Crippen molar-refractivity contribution in [3.05, 3.63) is 29.8 Å². The molecule has 1 unspecified atom stereocenters. The second-order valence-electron chi connectivity index (χ2n) is 2.63. The maximum absolute atomic E-state index is 9.93. The second kappa shape index (κ2) is 4.47. The molecule has 0 aliphatic heterocycles. The van der Waals surface area contributed by atoms with E-state index in [1.165, 1.54) is 12.1 Å². The van der Waals surface area contributed by atoms with Crippen molar-refractivity contribution in [2.45, 2.75) is 6.10 Å². The molecule has 0 aromatic heterocycles. The van der Waals surface area contributed by atoms with Crippen molar-refractivity contribution >= 4 is 6.41 Å². The van der Waals surface area contributed by atoms with Crippen LogP contribution < -0.4 is 5.32 Å². The van der Waals surface area contributed by atoms with Gasteiger partial charge >= 0.3 is 0 Å².